The molecule has 2 aromatic rings. The second-order valence-electron chi connectivity index (χ2n) is 2.25. The molecule has 0 aromatic carbocycles. The zero-order valence-electron chi connectivity index (χ0n) is 6.03. The number of rotatable bonds is 0. The molecule has 0 atom stereocenters. The highest BCUT2D eigenvalue weighted by molar-refractivity contribution is 9.10. The minimum atomic E-state index is 0.404. The van der Waals surface area contributed by atoms with Crippen molar-refractivity contribution in [2.75, 3.05) is 5.73 Å². The van der Waals surface area contributed by atoms with Crippen LogP contribution < -0.4 is 5.73 Å². The van der Waals surface area contributed by atoms with Gasteiger partial charge in [-0.25, -0.2) is 9.97 Å². The van der Waals surface area contributed by atoms with Crippen molar-refractivity contribution in [3.05, 3.63) is 23.1 Å². The van der Waals surface area contributed by atoms with Crippen molar-refractivity contribution in [3.8, 4) is 0 Å². The molecule has 0 aliphatic carbocycles. The van der Waals surface area contributed by atoms with Crippen molar-refractivity contribution in [3.63, 3.8) is 0 Å². The van der Waals surface area contributed by atoms with Gasteiger partial charge in [-0.1, -0.05) is 0 Å². The van der Waals surface area contributed by atoms with Crippen molar-refractivity contribution in [2.45, 2.75) is 0 Å². The van der Waals surface area contributed by atoms with Crippen molar-refractivity contribution in [1.82, 2.24) is 15.0 Å². The minimum absolute atomic E-state index is 0.404. The van der Waals surface area contributed by atoms with Gasteiger partial charge in [0.15, 0.2) is 5.82 Å². The second-order valence-corrected chi connectivity index (χ2v) is 3.10. The molecule has 0 saturated carbocycles. The highest BCUT2D eigenvalue weighted by Crippen LogP contribution is 2.21. The van der Waals surface area contributed by atoms with E-state index in [4.69, 9.17) is 5.73 Å². The summed E-state index contributed by atoms with van der Waals surface area (Å²) in [5.41, 5.74) is 6.96. The maximum Gasteiger partial charge on any atom is 0.153 e. The lowest BCUT2D eigenvalue weighted by atomic mass is 10.3. The largest absolute Gasteiger partial charge is 0.382 e. The molecule has 12 heavy (non-hydrogen) atoms. The van der Waals surface area contributed by atoms with Gasteiger partial charge in [0, 0.05) is 10.7 Å². The Morgan fingerprint density at radius 3 is 2.75 bits per heavy atom. The van der Waals surface area contributed by atoms with E-state index in [-0.39, 0.29) is 0 Å². The Bertz CT molecular complexity index is 387. The lowest BCUT2D eigenvalue weighted by molar-refractivity contribution is 1.20. The van der Waals surface area contributed by atoms with Crippen LogP contribution >= 0.6 is 15.9 Å². The van der Waals surface area contributed by atoms with E-state index in [1.807, 2.05) is 6.07 Å². The standard InChI is InChI=1S/C7H5BrN4/c8-4-1-2-10-6-5(4)11-3-12-7(6)9/h1-3H,(H2,9,11,12). The van der Waals surface area contributed by atoms with Gasteiger partial charge in [-0.05, 0) is 22.0 Å². The van der Waals surface area contributed by atoms with Gasteiger partial charge in [-0.3, -0.25) is 4.98 Å². The summed E-state index contributed by atoms with van der Waals surface area (Å²) in [4.78, 5) is 11.9. The van der Waals surface area contributed by atoms with Gasteiger partial charge in [0.25, 0.3) is 0 Å². The third kappa shape index (κ3) is 1.02. The Kier molecular flexibility index (Phi) is 1.65. The van der Waals surface area contributed by atoms with E-state index in [2.05, 4.69) is 30.9 Å². The molecule has 0 aliphatic heterocycles. The molecule has 2 aromatic heterocycles. The van der Waals surface area contributed by atoms with Crippen LogP contribution in [0.2, 0.25) is 0 Å². The number of aromatic nitrogens is 3. The zero-order valence-corrected chi connectivity index (χ0v) is 7.62. The molecular weight excluding hydrogens is 220 g/mol. The van der Waals surface area contributed by atoms with E-state index in [9.17, 15) is 0 Å². The summed E-state index contributed by atoms with van der Waals surface area (Å²) in [7, 11) is 0. The normalized spacial score (nSPS) is 10.4. The van der Waals surface area contributed by atoms with Crippen LogP contribution in [0, 0.1) is 0 Å². The molecular formula is C7H5BrN4. The van der Waals surface area contributed by atoms with Crippen LogP contribution in [0.15, 0.2) is 23.1 Å². The summed E-state index contributed by atoms with van der Waals surface area (Å²) >= 11 is 3.35. The highest BCUT2D eigenvalue weighted by Gasteiger charge is 2.03. The number of pyridine rings is 1. The van der Waals surface area contributed by atoms with Gasteiger partial charge >= 0.3 is 0 Å². The van der Waals surface area contributed by atoms with E-state index in [1.165, 1.54) is 6.33 Å². The molecule has 5 heteroatoms. The van der Waals surface area contributed by atoms with Crippen LogP contribution in [-0.4, -0.2) is 15.0 Å². The summed E-state index contributed by atoms with van der Waals surface area (Å²) in [6, 6.07) is 1.81. The van der Waals surface area contributed by atoms with Gasteiger partial charge in [0.05, 0.1) is 0 Å². The van der Waals surface area contributed by atoms with Crippen molar-refractivity contribution < 1.29 is 0 Å². The molecule has 0 fully saturated rings. The predicted octanol–water partition coefficient (Wildman–Crippen LogP) is 1.37. The Balaban J connectivity index is 2.94. The molecule has 2 heterocycles. The van der Waals surface area contributed by atoms with Crippen LogP contribution in [-0.2, 0) is 0 Å². The molecule has 0 radical (unpaired) electrons. The fraction of sp³-hybridized carbons (Fsp3) is 0. The monoisotopic (exact) mass is 224 g/mol. The van der Waals surface area contributed by atoms with Gasteiger partial charge in [0.2, 0.25) is 0 Å². The molecule has 2 N–H and O–H groups in total. The average molecular weight is 225 g/mol. The summed E-state index contributed by atoms with van der Waals surface area (Å²) in [5, 5.41) is 0. The molecule has 0 amide bonds. The summed E-state index contributed by atoms with van der Waals surface area (Å²) in [6.07, 6.45) is 3.08. The van der Waals surface area contributed by atoms with Crippen molar-refractivity contribution >= 4 is 32.8 Å². The minimum Gasteiger partial charge on any atom is -0.382 e. The Labute approximate surface area is 77.0 Å². The number of fused-ring (bicyclic) bond motifs is 1. The topological polar surface area (TPSA) is 64.7 Å². The fourth-order valence-electron chi connectivity index (χ4n) is 0.951. The number of hydrogen-bond donors (Lipinski definition) is 1. The van der Waals surface area contributed by atoms with E-state index in [0.717, 1.165) is 9.99 Å². The molecule has 0 aliphatic rings. The van der Waals surface area contributed by atoms with Crippen LogP contribution in [0.5, 0.6) is 0 Å². The highest BCUT2D eigenvalue weighted by atomic mass is 79.9. The van der Waals surface area contributed by atoms with E-state index < -0.39 is 0 Å². The summed E-state index contributed by atoms with van der Waals surface area (Å²) < 4.78 is 0.876. The third-order valence-corrected chi connectivity index (χ3v) is 2.14. The Hall–Kier alpha value is -1.23. The zero-order chi connectivity index (χ0) is 8.55. The third-order valence-electron chi connectivity index (χ3n) is 1.50. The number of halogens is 1. The maximum atomic E-state index is 5.59. The quantitative estimate of drug-likeness (QED) is 0.735. The second kappa shape index (κ2) is 2.67. The summed E-state index contributed by atoms with van der Waals surface area (Å²) in [6.45, 7) is 0. The van der Waals surface area contributed by atoms with Crippen LogP contribution in [0.4, 0.5) is 5.82 Å². The molecule has 4 nitrogen and oxygen atoms in total. The van der Waals surface area contributed by atoms with Crippen LogP contribution in [0.3, 0.4) is 0 Å². The van der Waals surface area contributed by atoms with Gasteiger partial charge in [-0.2, -0.15) is 0 Å². The van der Waals surface area contributed by atoms with Gasteiger partial charge in [0.1, 0.15) is 17.4 Å². The number of nitrogens with two attached hydrogens (primary N) is 1. The van der Waals surface area contributed by atoms with Crippen LogP contribution in [0.25, 0.3) is 11.0 Å². The predicted molar refractivity (Wildman–Crippen MR) is 49.4 cm³/mol. The first kappa shape index (κ1) is 7.42. The molecule has 0 spiro atoms. The maximum absolute atomic E-state index is 5.59. The molecule has 60 valence electrons. The Morgan fingerprint density at radius 1 is 1.17 bits per heavy atom. The molecule has 0 saturated heterocycles. The van der Waals surface area contributed by atoms with E-state index in [1.54, 1.807) is 6.20 Å². The molecule has 2 rings (SSSR count). The lowest BCUT2D eigenvalue weighted by Gasteiger charge is -1.99. The summed E-state index contributed by atoms with van der Waals surface area (Å²) in [5.74, 6) is 0.404. The fourth-order valence-corrected chi connectivity index (χ4v) is 1.36. The number of hydrogen-bond acceptors (Lipinski definition) is 4. The lowest BCUT2D eigenvalue weighted by Crippen LogP contribution is -1.95. The number of nitrogen functional groups attached to an aromatic ring is 1. The Morgan fingerprint density at radius 2 is 2.00 bits per heavy atom. The average Bonchev–Trinajstić information content (AvgIpc) is 2.07. The van der Waals surface area contributed by atoms with Crippen LogP contribution in [0.1, 0.15) is 0 Å². The number of nitrogens with zero attached hydrogens (tertiary/aromatic N) is 3. The first-order chi connectivity index (χ1) is 5.79. The van der Waals surface area contributed by atoms with Gasteiger partial charge in [-0.15, -0.1) is 0 Å². The van der Waals surface area contributed by atoms with Crippen molar-refractivity contribution in [2.24, 2.45) is 0 Å². The SMILES string of the molecule is Nc1ncnc2c(Br)ccnc12. The molecule has 0 unspecified atom stereocenters. The van der Waals surface area contributed by atoms with Gasteiger partial charge < -0.3 is 5.73 Å². The van der Waals surface area contributed by atoms with Crippen molar-refractivity contribution in [1.29, 1.82) is 0 Å². The first-order valence-corrected chi connectivity index (χ1v) is 4.09. The molecule has 0 bridgehead atoms. The van der Waals surface area contributed by atoms with E-state index in [0.29, 0.717) is 11.3 Å². The first-order valence-electron chi connectivity index (χ1n) is 3.30. The smallest absolute Gasteiger partial charge is 0.153 e. The number of anilines is 1. The van der Waals surface area contributed by atoms with E-state index >= 15 is 0 Å².